The fourth-order valence-electron chi connectivity index (χ4n) is 4.02. The lowest BCUT2D eigenvalue weighted by molar-refractivity contribution is -0.147. The molecule has 1 atom stereocenters. The second-order valence-corrected chi connectivity index (χ2v) is 9.38. The number of nitrogens with two attached hydrogens (primary N) is 1. The minimum Gasteiger partial charge on any atom is -0.465 e. The molecule has 9 heteroatoms. The van der Waals surface area contributed by atoms with Crippen LogP contribution in [0.2, 0.25) is 0 Å². The predicted octanol–water partition coefficient (Wildman–Crippen LogP) is 1.52. The first-order valence-corrected chi connectivity index (χ1v) is 8.87. The highest BCUT2D eigenvalue weighted by Gasteiger charge is 2.54. The van der Waals surface area contributed by atoms with Gasteiger partial charge in [0.25, 0.3) is 5.91 Å². The van der Waals surface area contributed by atoms with Crippen molar-refractivity contribution in [1.82, 2.24) is 10.6 Å². The largest absolute Gasteiger partial charge is 0.465 e. The monoisotopic (exact) mass is 387 g/mol. The molecule has 0 aromatic heterocycles. The third-order valence-electron chi connectivity index (χ3n) is 4.54. The number of nitrogens with one attached hydrogen (secondary N) is 2. The molecule has 0 aromatic carbocycles. The van der Waals surface area contributed by atoms with Gasteiger partial charge in [-0.15, -0.1) is 0 Å². The van der Waals surface area contributed by atoms with Crippen LogP contribution in [0, 0.1) is 10.8 Å². The zero-order chi connectivity index (χ0) is 21.2. The van der Waals surface area contributed by atoms with Gasteiger partial charge in [0.15, 0.2) is 0 Å². The lowest BCUT2D eigenvalue weighted by atomic mass is 9.70. The van der Waals surface area contributed by atoms with Gasteiger partial charge < -0.3 is 21.5 Å². The van der Waals surface area contributed by atoms with Crippen molar-refractivity contribution in [1.29, 1.82) is 0 Å². The fourth-order valence-corrected chi connectivity index (χ4v) is 4.02. The van der Waals surface area contributed by atoms with E-state index in [0.717, 1.165) is 0 Å². The molecule has 0 bridgehead atoms. The number of halogens is 1. The van der Waals surface area contributed by atoms with Crippen LogP contribution in [0.15, 0.2) is 0 Å². The van der Waals surface area contributed by atoms with Gasteiger partial charge >= 0.3 is 6.09 Å². The molecule has 0 heterocycles. The van der Waals surface area contributed by atoms with Crippen molar-refractivity contribution in [2.24, 2.45) is 16.6 Å². The van der Waals surface area contributed by atoms with E-state index in [4.69, 9.17) is 10.8 Å². The first kappa shape index (κ1) is 22.9. The number of Topliss-reactive ketones (excluding diaryl/α,β-unsaturated/α-hetero) is 1. The Kier molecular flexibility index (Phi) is 6.62. The molecule has 1 rings (SSSR count). The highest BCUT2D eigenvalue weighted by molar-refractivity contribution is 6.39. The van der Waals surface area contributed by atoms with Gasteiger partial charge in [0.05, 0.1) is 0 Å². The molecule has 3 amide bonds. The van der Waals surface area contributed by atoms with Crippen molar-refractivity contribution in [2.75, 3.05) is 0 Å². The number of rotatable bonds is 8. The van der Waals surface area contributed by atoms with Crippen LogP contribution in [0.25, 0.3) is 0 Å². The molecule has 27 heavy (non-hydrogen) atoms. The highest BCUT2D eigenvalue weighted by atomic mass is 19.1. The number of carbonyl (C=O) groups is 4. The molecule has 0 aromatic rings. The number of ketones is 1. The second-order valence-electron chi connectivity index (χ2n) is 9.38. The van der Waals surface area contributed by atoms with E-state index in [-0.39, 0.29) is 24.7 Å². The number of primary amides is 1. The molecule has 1 saturated carbocycles. The van der Waals surface area contributed by atoms with Crippen LogP contribution in [-0.2, 0) is 14.4 Å². The van der Waals surface area contributed by atoms with Crippen LogP contribution in [0.3, 0.4) is 0 Å². The minimum absolute atomic E-state index is 0.0493. The van der Waals surface area contributed by atoms with Crippen LogP contribution in [-0.4, -0.2) is 46.5 Å². The van der Waals surface area contributed by atoms with E-state index in [9.17, 15) is 23.6 Å². The van der Waals surface area contributed by atoms with E-state index in [0.29, 0.717) is 6.42 Å². The Morgan fingerprint density at radius 3 is 2.07 bits per heavy atom. The molecule has 154 valence electrons. The summed E-state index contributed by atoms with van der Waals surface area (Å²) in [6.07, 6.45) is -2.56. The Morgan fingerprint density at radius 1 is 1.19 bits per heavy atom. The van der Waals surface area contributed by atoms with Crippen molar-refractivity contribution in [3.63, 3.8) is 0 Å². The molecule has 1 fully saturated rings. The summed E-state index contributed by atoms with van der Waals surface area (Å²) in [4.78, 5) is 47.1. The van der Waals surface area contributed by atoms with E-state index in [1.807, 2.05) is 34.6 Å². The Labute approximate surface area is 158 Å². The fraction of sp³-hybridized carbons (Fsp3) is 0.778. The van der Waals surface area contributed by atoms with Crippen molar-refractivity contribution in [3.8, 4) is 0 Å². The minimum atomic E-state index is -1.70. The maximum Gasteiger partial charge on any atom is 0.405 e. The maximum atomic E-state index is 13.4. The Morgan fingerprint density at radius 2 is 1.70 bits per heavy atom. The van der Waals surface area contributed by atoms with E-state index in [2.05, 4.69) is 10.6 Å². The van der Waals surface area contributed by atoms with Crippen LogP contribution in [0.4, 0.5) is 9.18 Å². The first-order chi connectivity index (χ1) is 12.1. The number of carboxylic acid groups (broad SMARTS) is 1. The predicted molar refractivity (Wildman–Crippen MR) is 96.6 cm³/mol. The average molecular weight is 387 g/mol. The molecule has 0 radical (unpaired) electrons. The molecular formula is C18H30FN3O5. The summed E-state index contributed by atoms with van der Waals surface area (Å²) in [7, 11) is 0. The zero-order valence-corrected chi connectivity index (χ0v) is 16.5. The summed E-state index contributed by atoms with van der Waals surface area (Å²) >= 11 is 0. The van der Waals surface area contributed by atoms with E-state index < -0.39 is 46.9 Å². The van der Waals surface area contributed by atoms with Crippen LogP contribution < -0.4 is 16.4 Å². The average Bonchev–Trinajstić information content (AvgIpc) is 2.39. The third-order valence-corrected chi connectivity index (χ3v) is 4.54. The number of hydrogen-bond donors (Lipinski definition) is 4. The van der Waals surface area contributed by atoms with Gasteiger partial charge in [-0.1, -0.05) is 34.6 Å². The van der Waals surface area contributed by atoms with E-state index >= 15 is 0 Å². The van der Waals surface area contributed by atoms with Crippen LogP contribution in [0.1, 0.15) is 60.3 Å². The van der Waals surface area contributed by atoms with Gasteiger partial charge in [-0.2, -0.15) is 0 Å². The maximum absolute atomic E-state index is 13.4. The Bertz CT molecular complexity index is 621. The quantitative estimate of drug-likeness (QED) is 0.468. The molecule has 5 N–H and O–H groups in total. The summed E-state index contributed by atoms with van der Waals surface area (Å²) in [5.41, 5.74) is 2.86. The third kappa shape index (κ3) is 6.48. The van der Waals surface area contributed by atoms with E-state index in [1.165, 1.54) is 0 Å². The SMILES string of the molecule is CC(C)(C)CC(C)(C)C[C@H](NC(=O)O)C(=O)NC1(C(=O)C(N)=O)CC(F)C1. The Hall–Kier alpha value is -2.19. The molecular weight excluding hydrogens is 357 g/mol. The van der Waals surface area contributed by atoms with Crippen molar-refractivity contribution >= 4 is 23.7 Å². The van der Waals surface area contributed by atoms with Gasteiger partial charge in [-0.25, -0.2) is 9.18 Å². The summed E-state index contributed by atoms with van der Waals surface area (Å²) in [6.45, 7) is 9.92. The smallest absolute Gasteiger partial charge is 0.405 e. The molecule has 0 saturated heterocycles. The van der Waals surface area contributed by atoms with Crippen molar-refractivity contribution < 1.29 is 28.7 Å². The molecule has 0 unspecified atom stereocenters. The topological polar surface area (TPSA) is 139 Å². The van der Waals surface area contributed by atoms with Gasteiger partial charge in [0.2, 0.25) is 11.7 Å². The molecule has 8 nitrogen and oxygen atoms in total. The lowest BCUT2D eigenvalue weighted by Crippen LogP contribution is -2.68. The van der Waals surface area contributed by atoms with Crippen molar-refractivity contribution in [2.45, 2.75) is 78.1 Å². The number of alkyl halides is 1. The molecule has 0 aliphatic heterocycles. The normalized spacial score (nSPS) is 23.7. The van der Waals surface area contributed by atoms with Gasteiger partial charge in [-0.05, 0) is 23.7 Å². The second kappa shape index (κ2) is 7.82. The molecule has 1 aliphatic carbocycles. The lowest BCUT2D eigenvalue weighted by Gasteiger charge is -2.43. The summed E-state index contributed by atoms with van der Waals surface area (Å²) < 4.78 is 13.4. The van der Waals surface area contributed by atoms with Gasteiger partial charge in [0.1, 0.15) is 17.8 Å². The van der Waals surface area contributed by atoms with Crippen LogP contribution >= 0.6 is 0 Å². The van der Waals surface area contributed by atoms with Gasteiger partial charge in [0, 0.05) is 12.8 Å². The standard InChI is InChI=1S/C18H30FN3O5/c1-16(2,3)9-17(4,5)8-11(21-15(26)27)14(25)22-18(6-10(19)7-18)12(23)13(20)24/h10-11,21H,6-9H2,1-5H3,(H2,20,24)(H,22,25)(H,26,27)/t10?,11-,18?/m0/s1. The van der Waals surface area contributed by atoms with Gasteiger partial charge in [-0.3, -0.25) is 14.4 Å². The first-order valence-electron chi connectivity index (χ1n) is 8.87. The highest BCUT2D eigenvalue weighted by Crippen LogP contribution is 2.38. The number of carbonyl (C=O) groups excluding carboxylic acids is 3. The van der Waals surface area contributed by atoms with Crippen molar-refractivity contribution in [3.05, 3.63) is 0 Å². The summed E-state index contributed by atoms with van der Waals surface area (Å²) in [5, 5.41) is 13.6. The summed E-state index contributed by atoms with van der Waals surface area (Å²) in [5.74, 6) is -3.12. The number of hydrogen-bond acceptors (Lipinski definition) is 4. The number of amides is 3. The summed E-state index contributed by atoms with van der Waals surface area (Å²) in [6, 6.07) is -1.16. The van der Waals surface area contributed by atoms with Crippen LogP contribution in [0.5, 0.6) is 0 Å². The molecule has 1 aliphatic rings. The molecule has 0 spiro atoms. The van der Waals surface area contributed by atoms with E-state index in [1.54, 1.807) is 0 Å². The zero-order valence-electron chi connectivity index (χ0n) is 16.5. The Balaban J connectivity index is 2.99.